The minimum Gasteiger partial charge on any atom is -0.341 e. The Labute approximate surface area is 216 Å². The summed E-state index contributed by atoms with van der Waals surface area (Å²) in [5.74, 6) is 0.122. The van der Waals surface area contributed by atoms with Gasteiger partial charge in [0.1, 0.15) is 12.1 Å². The summed E-state index contributed by atoms with van der Waals surface area (Å²) >= 11 is 0. The number of hydrogen-bond donors (Lipinski definition) is 1. The highest BCUT2D eigenvalue weighted by Crippen LogP contribution is 2.40. The van der Waals surface area contributed by atoms with E-state index in [4.69, 9.17) is 0 Å². The van der Waals surface area contributed by atoms with Crippen LogP contribution in [0.4, 0.5) is 19.0 Å². The van der Waals surface area contributed by atoms with Crippen molar-refractivity contribution in [1.82, 2.24) is 14.9 Å². The monoisotopic (exact) mass is 538 g/mol. The van der Waals surface area contributed by atoms with Gasteiger partial charge in [0.05, 0.1) is 10.5 Å². The molecule has 7 nitrogen and oxygen atoms in total. The maximum absolute atomic E-state index is 13.6. The molecule has 1 amide bonds. The molecule has 0 saturated carbocycles. The van der Waals surface area contributed by atoms with Crippen LogP contribution in [-0.4, -0.2) is 42.8 Å². The molecule has 0 aliphatic carbocycles. The highest BCUT2D eigenvalue weighted by molar-refractivity contribution is 7.92. The number of alkyl halides is 3. The average molecular weight is 539 g/mol. The average Bonchev–Trinajstić information content (AvgIpc) is 2.92. The van der Waals surface area contributed by atoms with Crippen LogP contribution in [0.3, 0.4) is 0 Å². The zero-order valence-electron chi connectivity index (χ0n) is 19.8. The van der Waals surface area contributed by atoms with Crippen molar-refractivity contribution in [3.8, 4) is 11.1 Å². The summed E-state index contributed by atoms with van der Waals surface area (Å²) in [5.41, 5.74) is 1.63. The van der Waals surface area contributed by atoms with Crippen molar-refractivity contribution >= 4 is 38.6 Å². The molecule has 194 valence electrons. The quantitative estimate of drug-likeness (QED) is 0.334. The van der Waals surface area contributed by atoms with Gasteiger partial charge in [-0.3, -0.25) is 9.52 Å². The Bertz CT molecular complexity index is 1660. The highest BCUT2D eigenvalue weighted by Gasteiger charge is 2.32. The van der Waals surface area contributed by atoms with Gasteiger partial charge in [-0.2, -0.15) is 13.2 Å². The molecule has 0 spiro atoms. The first-order valence-corrected chi connectivity index (χ1v) is 13.1. The first-order valence-electron chi connectivity index (χ1n) is 11.6. The predicted molar refractivity (Wildman–Crippen MR) is 137 cm³/mol. The second-order valence-electron chi connectivity index (χ2n) is 8.73. The van der Waals surface area contributed by atoms with Crippen LogP contribution in [-0.2, 0) is 21.0 Å². The van der Waals surface area contributed by atoms with Crippen molar-refractivity contribution in [2.45, 2.75) is 17.5 Å². The van der Waals surface area contributed by atoms with Crippen LogP contribution in [0.15, 0.2) is 84.2 Å². The smallest absolute Gasteiger partial charge is 0.341 e. The van der Waals surface area contributed by atoms with E-state index >= 15 is 0 Å². The van der Waals surface area contributed by atoms with Crippen molar-refractivity contribution in [2.75, 3.05) is 17.8 Å². The molecule has 5 rings (SSSR count). The summed E-state index contributed by atoms with van der Waals surface area (Å²) in [6, 6.07) is 14.9. The number of carbonyl (C=O) groups is 1. The Kier molecular flexibility index (Phi) is 6.62. The molecular weight excluding hydrogens is 517 g/mol. The number of carbonyl (C=O) groups excluding carboxylic acids is 1. The lowest BCUT2D eigenvalue weighted by molar-refractivity contribution is -0.137. The summed E-state index contributed by atoms with van der Waals surface area (Å²) in [5, 5.41) is 1.28. The van der Waals surface area contributed by atoms with Gasteiger partial charge in [0.2, 0.25) is 6.41 Å². The first-order chi connectivity index (χ1) is 18.2. The minimum absolute atomic E-state index is 0.0114. The minimum atomic E-state index is -4.52. The zero-order valence-corrected chi connectivity index (χ0v) is 20.6. The van der Waals surface area contributed by atoms with Gasteiger partial charge in [-0.25, -0.2) is 18.4 Å². The summed E-state index contributed by atoms with van der Waals surface area (Å²) in [6.07, 6.45) is 1.02. The molecule has 1 aromatic heterocycles. The third kappa shape index (κ3) is 5.10. The van der Waals surface area contributed by atoms with Gasteiger partial charge in [-0.05, 0) is 69.8 Å². The van der Waals surface area contributed by atoms with Gasteiger partial charge in [0.25, 0.3) is 10.0 Å². The number of nitrogens with one attached hydrogen (secondary N) is 1. The Morgan fingerprint density at radius 3 is 2.50 bits per heavy atom. The molecule has 2 heterocycles. The Morgan fingerprint density at radius 2 is 1.82 bits per heavy atom. The van der Waals surface area contributed by atoms with Gasteiger partial charge in [0.15, 0.2) is 0 Å². The number of nitrogens with zero attached hydrogens (tertiary/aromatic N) is 3. The maximum Gasteiger partial charge on any atom is 0.416 e. The van der Waals surface area contributed by atoms with Gasteiger partial charge in [-0.15, -0.1) is 0 Å². The van der Waals surface area contributed by atoms with E-state index in [9.17, 15) is 26.4 Å². The third-order valence-corrected chi connectivity index (χ3v) is 7.71. The zero-order chi connectivity index (χ0) is 26.9. The summed E-state index contributed by atoms with van der Waals surface area (Å²) in [7, 11) is -3.94. The van der Waals surface area contributed by atoms with Crippen LogP contribution in [0.5, 0.6) is 0 Å². The molecule has 0 saturated heterocycles. The fourth-order valence-corrected chi connectivity index (χ4v) is 5.50. The lowest BCUT2D eigenvalue weighted by atomic mass is 9.88. The molecule has 3 aromatic carbocycles. The molecule has 11 heteroatoms. The molecule has 38 heavy (non-hydrogen) atoms. The van der Waals surface area contributed by atoms with Gasteiger partial charge >= 0.3 is 6.18 Å². The normalized spacial score (nSPS) is 14.3. The number of anilines is 1. The molecule has 1 N–H and O–H groups in total. The standard InChI is InChI=1S/C27H21F3N4O3S/c28-27(29,30)20-4-6-24(25(15-20)18-9-12-34(17-35)13-10-18)23-3-1-2-19-14-21(5-7-22(19)23)38(36,37)33-26-8-11-31-16-32-26/h1-9,11,14-17H,10,12-13H2,(H,31,32,33). The SMILES string of the molecule is O=CN1CC=C(c2cc(C(F)(F)F)ccc2-c2cccc3cc(S(=O)(=O)Nc4ccncn4)ccc23)CC1. The number of benzene rings is 3. The van der Waals surface area contributed by atoms with E-state index < -0.39 is 21.8 Å². The number of fused-ring (bicyclic) bond motifs is 1. The van der Waals surface area contributed by atoms with Crippen LogP contribution in [0.25, 0.3) is 27.5 Å². The van der Waals surface area contributed by atoms with Gasteiger partial charge < -0.3 is 4.90 Å². The van der Waals surface area contributed by atoms with E-state index in [-0.39, 0.29) is 10.7 Å². The molecule has 0 fully saturated rings. The number of rotatable bonds is 6. The fraction of sp³-hybridized carbons (Fsp3) is 0.148. The maximum atomic E-state index is 13.6. The number of sulfonamides is 1. The molecule has 1 aliphatic rings. The number of aromatic nitrogens is 2. The summed E-state index contributed by atoms with van der Waals surface area (Å²) in [4.78, 5) is 20.3. The van der Waals surface area contributed by atoms with Crippen LogP contribution in [0.2, 0.25) is 0 Å². The lowest BCUT2D eigenvalue weighted by Crippen LogP contribution is -2.26. The lowest BCUT2D eigenvalue weighted by Gasteiger charge is -2.25. The van der Waals surface area contributed by atoms with Crippen molar-refractivity contribution in [2.24, 2.45) is 0 Å². The molecule has 1 aliphatic heterocycles. The number of halogens is 3. The summed E-state index contributed by atoms with van der Waals surface area (Å²) < 4.78 is 69.1. The van der Waals surface area contributed by atoms with Crippen molar-refractivity contribution < 1.29 is 26.4 Å². The van der Waals surface area contributed by atoms with Crippen LogP contribution in [0.1, 0.15) is 17.5 Å². The van der Waals surface area contributed by atoms with E-state index in [1.54, 1.807) is 35.2 Å². The van der Waals surface area contributed by atoms with Crippen molar-refractivity contribution in [1.29, 1.82) is 0 Å². The highest BCUT2D eigenvalue weighted by atomic mass is 32.2. The molecular formula is C27H21F3N4O3S. The van der Waals surface area contributed by atoms with Crippen molar-refractivity contribution in [3.05, 3.63) is 90.4 Å². The second kappa shape index (κ2) is 9.90. The largest absolute Gasteiger partial charge is 0.416 e. The molecule has 0 radical (unpaired) electrons. The van der Waals surface area contributed by atoms with E-state index in [0.717, 1.165) is 24.1 Å². The molecule has 0 bridgehead atoms. The van der Waals surface area contributed by atoms with Crippen LogP contribution < -0.4 is 4.72 Å². The van der Waals surface area contributed by atoms with E-state index in [2.05, 4.69) is 14.7 Å². The fourth-order valence-electron chi connectivity index (χ4n) is 4.46. The summed E-state index contributed by atoms with van der Waals surface area (Å²) in [6.45, 7) is 0.714. The Morgan fingerprint density at radius 1 is 0.974 bits per heavy atom. The van der Waals surface area contributed by atoms with Gasteiger partial charge in [0, 0.05) is 19.3 Å². The van der Waals surface area contributed by atoms with Crippen LogP contribution >= 0.6 is 0 Å². The number of amides is 1. The van der Waals surface area contributed by atoms with E-state index in [0.29, 0.717) is 47.0 Å². The van der Waals surface area contributed by atoms with E-state index in [1.165, 1.54) is 36.8 Å². The first kappa shape index (κ1) is 25.4. The molecule has 4 aromatic rings. The number of hydrogen-bond acceptors (Lipinski definition) is 5. The van der Waals surface area contributed by atoms with Crippen molar-refractivity contribution in [3.63, 3.8) is 0 Å². The van der Waals surface area contributed by atoms with E-state index in [1.807, 2.05) is 0 Å². The van der Waals surface area contributed by atoms with Gasteiger partial charge in [-0.1, -0.05) is 36.4 Å². The topological polar surface area (TPSA) is 92.3 Å². The molecule has 0 unspecified atom stereocenters. The Balaban J connectivity index is 1.60. The Hall–Kier alpha value is -4.25. The second-order valence-corrected chi connectivity index (χ2v) is 10.4. The van der Waals surface area contributed by atoms with Crippen LogP contribution in [0, 0.1) is 0 Å². The third-order valence-electron chi connectivity index (χ3n) is 6.36. The predicted octanol–water partition coefficient (Wildman–Crippen LogP) is 5.36. The molecule has 0 atom stereocenters.